The Bertz CT molecular complexity index is 942. The van der Waals surface area contributed by atoms with E-state index in [-0.39, 0.29) is 29.7 Å². The molecule has 30 heavy (non-hydrogen) atoms. The molecule has 4 rings (SSSR count). The van der Waals surface area contributed by atoms with Gasteiger partial charge in [-0.05, 0) is 58.4 Å². The molecule has 2 saturated carbocycles. The Morgan fingerprint density at radius 2 is 1.63 bits per heavy atom. The maximum absolute atomic E-state index is 12.3. The van der Waals surface area contributed by atoms with Crippen LogP contribution in [-0.2, 0) is 0 Å². The highest BCUT2D eigenvalue weighted by Crippen LogP contribution is 2.23. The van der Waals surface area contributed by atoms with Gasteiger partial charge in [0.05, 0.1) is 0 Å². The van der Waals surface area contributed by atoms with Crippen LogP contribution in [0, 0.1) is 0 Å². The number of pyridine rings is 1. The minimum Gasteiger partial charge on any atom is -0.351 e. The number of carbonyl (C=O) groups is 1. The van der Waals surface area contributed by atoms with Gasteiger partial charge < -0.3 is 16.0 Å². The van der Waals surface area contributed by atoms with Crippen molar-refractivity contribution in [2.75, 3.05) is 5.32 Å². The summed E-state index contributed by atoms with van der Waals surface area (Å²) in [5.41, 5.74) is 0.610. The molecular formula is C22H32N6O2. The molecule has 2 aliphatic carbocycles. The second-order valence-electron chi connectivity index (χ2n) is 8.90. The second-order valence-corrected chi connectivity index (χ2v) is 8.90. The summed E-state index contributed by atoms with van der Waals surface area (Å²) in [6.07, 6.45) is 10.1. The van der Waals surface area contributed by atoms with Gasteiger partial charge in [0.25, 0.3) is 5.56 Å². The highest BCUT2D eigenvalue weighted by atomic mass is 16.2. The van der Waals surface area contributed by atoms with Gasteiger partial charge in [0.2, 0.25) is 5.95 Å². The Labute approximate surface area is 176 Å². The molecule has 3 N–H and O–H groups in total. The molecule has 2 fully saturated rings. The normalized spacial score (nSPS) is 22.4. The van der Waals surface area contributed by atoms with Crippen molar-refractivity contribution in [2.45, 2.75) is 89.4 Å². The van der Waals surface area contributed by atoms with E-state index in [9.17, 15) is 9.59 Å². The van der Waals surface area contributed by atoms with Gasteiger partial charge in [-0.2, -0.15) is 4.98 Å². The van der Waals surface area contributed by atoms with E-state index in [0.29, 0.717) is 17.6 Å². The largest absolute Gasteiger partial charge is 0.351 e. The zero-order valence-electron chi connectivity index (χ0n) is 17.9. The van der Waals surface area contributed by atoms with Crippen LogP contribution in [0.4, 0.5) is 10.7 Å². The Hall–Kier alpha value is -2.64. The fraction of sp³-hybridized carbons (Fsp3) is 0.636. The quantitative estimate of drug-likeness (QED) is 0.699. The molecular weight excluding hydrogens is 380 g/mol. The van der Waals surface area contributed by atoms with Crippen molar-refractivity contribution in [3.8, 4) is 0 Å². The predicted molar refractivity (Wildman–Crippen MR) is 118 cm³/mol. The van der Waals surface area contributed by atoms with E-state index in [1.807, 2.05) is 13.8 Å². The first-order valence-electron chi connectivity index (χ1n) is 11.2. The molecule has 8 nitrogen and oxygen atoms in total. The van der Waals surface area contributed by atoms with Crippen molar-refractivity contribution in [3.63, 3.8) is 0 Å². The molecule has 2 amide bonds. The maximum atomic E-state index is 12.3. The number of fused-ring (bicyclic) bond motifs is 1. The third kappa shape index (κ3) is 4.74. The number of hydrogen-bond donors (Lipinski definition) is 3. The third-order valence-corrected chi connectivity index (χ3v) is 6.27. The van der Waals surface area contributed by atoms with E-state index in [1.165, 1.54) is 12.8 Å². The van der Waals surface area contributed by atoms with E-state index in [2.05, 4.69) is 25.9 Å². The summed E-state index contributed by atoms with van der Waals surface area (Å²) in [6.45, 7) is 3.96. The number of aromatic nitrogens is 3. The van der Waals surface area contributed by atoms with Crippen molar-refractivity contribution in [3.05, 3.63) is 28.7 Å². The van der Waals surface area contributed by atoms with E-state index in [1.54, 1.807) is 22.9 Å². The van der Waals surface area contributed by atoms with Gasteiger partial charge in [-0.1, -0.05) is 12.8 Å². The lowest BCUT2D eigenvalue weighted by molar-refractivity contribution is 0.228. The van der Waals surface area contributed by atoms with Gasteiger partial charge in [0.15, 0.2) is 0 Å². The molecule has 2 aromatic rings. The van der Waals surface area contributed by atoms with Crippen molar-refractivity contribution < 1.29 is 4.79 Å². The first-order chi connectivity index (χ1) is 14.5. The molecule has 2 heterocycles. The smallest absolute Gasteiger partial charge is 0.315 e. The van der Waals surface area contributed by atoms with Crippen molar-refractivity contribution >= 4 is 23.0 Å². The maximum Gasteiger partial charge on any atom is 0.315 e. The SMILES string of the molecule is CC(C)n1c(=O)ccc2cnc(NC3CCC(NC(=O)NC4CCCC4)CC3)nc21. The molecule has 2 aliphatic rings. The second kappa shape index (κ2) is 9.02. The van der Waals surface area contributed by atoms with Crippen LogP contribution in [0.1, 0.15) is 71.3 Å². The molecule has 0 aliphatic heterocycles. The van der Waals surface area contributed by atoms with Gasteiger partial charge in [-0.25, -0.2) is 9.78 Å². The molecule has 8 heteroatoms. The van der Waals surface area contributed by atoms with Crippen LogP contribution in [-0.4, -0.2) is 38.7 Å². The summed E-state index contributed by atoms with van der Waals surface area (Å²) in [5, 5.41) is 10.5. The average Bonchev–Trinajstić information content (AvgIpc) is 3.22. The molecule has 2 aromatic heterocycles. The number of rotatable bonds is 5. The number of anilines is 1. The summed E-state index contributed by atoms with van der Waals surface area (Å²) in [6, 6.07) is 4.17. The first kappa shape index (κ1) is 20.6. The van der Waals surface area contributed by atoms with Crippen LogP contribution in [0.25, 0.3) is 11.0 Å². The van der Waals surface area contributed by atoms with Crippen LogP contribution < -0.4 is 21.5 Å². The number of hydrogen-bond acceptors (Lipinski definition) is 5. The zero-order valence-corrected chi connectivity index (χ0v) is 17.9. The zero-order chi connectivity index (χ0) is 21.1. The Balaban J connectivity index is 1.33. The molecule has 0 spiro atoms. The van der Waals surface area contributed by atoms with Crippen molar-refractivity contribution in [1.82, 2.24) is 25.2 Å². The number of carbonyl (C=O) groups excluding carboxylic acids is 1. The monoisotopic (exact) mass is 412 g/mol. The average molecular weight is 413 g/mol. The number of nitrogens with one attached hydrogen (secondary N) is 3. The number of urea groups is 1. The summed E-state index contributed by atoms with van der Waals surface area (Å²) < 4.78 is 1.70. The predicted octanol–water partition coefficient (Wildman–Crippen LogP) is 3.34. The van der Waals surface area contributed by atoms with Crippen LogP contribution in [0.2, 0.25) is 0 Å². The van der Waals surface area contributed by atoms with Crippen LogP contribution in [0.15, 0.2) is 23.1 Å². The van der Waals surface area contributed by atoms with E-state index in [4.69, 9.17) is 0 Å². The molecule has 0 saturated heterocycles. The Morgan fingerprint density at radius 3 is 2.30 bits per heavy atom. The van der Waals surface area contributed by atoms with E-state index < -0.39 is 0 Å². The van der Waals surface area contributed by atoms with Crippen LogP contribution in [0.3, 0.4) is 0 Å². The van der Waals surface area contributed by atoms with Gasteiger partial charge in [0, 0.05) is 41.8 Å². The Morgan fingerprint density at radius 1 is 1.00 bits per heavy atom. The lowest BCUT2D eigenvalue weighted by atomic mass is 9.91. The van der Waals surface area contributed by atoms with Gasteiger partial charge in [0.1, 0.15) is 5.65 Å². The van der Waals surface area contributed by atoms with Gasteiger partial charge in [-0.3, -0.25) is 9.36 Å². The summed E-state index contributed by atoms with van der Waals surface area (Å²) in [7, 11) is 0. The summed E-state index contributed by atoms with van der Waals surface area (Å²) >= 11 is 0. The first-order valence-corrected chi connectivity index (χ1v) is 11.2. The molecule has 0 unspecified atom stereocenters. The lowest BCUT2D eigenvalue weighted by Crippen LogP contribution is -2.47. The third-order valence-electron chi connectivity index (χ3n) is 6.27. The van der Waals surface area contributed by atoms with Gasteiger partial charge in [-0.15, -0.1) is 0 Å². The number of nitrogens with zero attached hydrogens (tertiary/aromatic N) is 3. The molecule has 0 radical (unpaired) electrons. The fourth-order valence-electron chi connectivity index (χ4n) is 4.65. The number of amides is 2. The molecule has 0 atom stereocenters. The van der Waals surface area contributed by atoms with Crippen LogP contribution in [0.5, 0.6) is 0 Å². The highest BCUT2D eigenvalue weighted by molar-refractivity contribution is 5.75. The van der Waals surface area contributed by atoms with E-state index in [0.717, 1.165) is 43.9 Å². The topological polar surface area (TPSA) is 101 Å². The van der Waals surface area contributed by atoms with Crippen molar-refractivity contribution in [2.24, 2.45) is 0 Å². The minimum absolute atomic E-state index is 0.0252. The van der Waals surface area contributed by atoms with Crippen molar-refractivity contribution in [1.29, 1.82) is 0 Å². The molecule has 162 valence electrons. The fourth-order valence-corrected chi connectivity index (χ4v) is 4.65. The van der Waals surface area contributed by atoms with E-state index >= 15 is 0 Å². The standard InChI is InChI=1S/C22H32N6O2/c1-14(2)28-19(29)12-7-15-13-23-21(27-20(15)28)24-17-8-10-18(11-9-17)26-22(30)25-16-5-3-4-6-16/h7,12-14,16-18H,3-6,8-11H2,1-2H3,(H,23,24,27)(H2,25,26,30). The highest BCUT2D eigenvalue weighted by Gasteiger charge is 2.24. The van der Waals surface area contributed by atoms with Gasteiger partial charge >= 0.3 is 6.03 Å². The van der Waals surface area contributed by atoms with Crippen LogP contribution >= 0.6 is 0 Å². The minimum atomic E-state index is -0.0513. The molecule has 0 bridgehead atoms. The molecule has 0 aromatic carbocycles. The summed E-state index contributed by atoms with van der Waals surface area (Å²) in [5.74, 6) is 0.554. The Kier molecular flexibility index (Phi) is 6.20. The lowest BCUT2D eigenvalue weighted by Gasteiger charge is -2.30. The summed E-state index contributed by atoms with van der Waals surface area (Å²) in [4.78, 5) is 33.5.